The summed E-state index contributed by atoms with van der Waals surface area (Å²) in [6.07, 6.45) is 5.58. The van der Waals surface area contributed by atoms with Gasteiger partial charge in [-0.3, -0.25) is 0 Å². The molecule has 0 saturated heterocycles. The van der Waals surface area contributed by atoms with Crippen LogP contribution in [-0.2, 0) is 0 Å². The van der Waals surface area contributed by atoms with Gasteiger partial charge in [0.05, 0.1) is 0 Å². The smallest absolute Gasteiger partial charge is 0.00998 e. The van der Waals surface area contributed by atoms with Crippen LogP contribution < -0.4 is 5.32 Å². The molecule has 0 radical (unpaired) electrons. The molecule has 1 aliphatic carbocycles. The van der Waals surface area contributed by atoms with Gasteiger partial charge in [0.15, 0.2) is 0 Å². The van der Waals surface area contributed by atoms with Crippen molar-refractivity contribution in [1.82, 2.24) is 5.32 Å². The highest BCUT2D eigenvalue weighted by Gasteiger charge is 2.38. The van der Waals surface area contributed by atoms with E-state index in [1.807, 2.05) is 0 Å². The number of rotatable bonds is 4. The van der Waals surface area contributed by atoms with Crippen molar-refractivity contribution in [3.8, 4) is 0 Å². The highest BCUT2D eigenvalue weighted by Crippen LogP contribution is 2.45. The minimum atomic E-state index is 0.558. The maximum atomic E-state index is 3.53. The molecular weight excluding hydrogens is 170 g/mol. The highest BCUT2D eigenvalue weighted by atomic mass is 14.9. The molecule has 1 aliphatic rings. The van der Waals surface area contributed by atoms with Crippen LogP contribution in [0, 0.1) is 17.3 Å². The monoisotopic (exact) mass is 197 g/mol. The van der Waals surface area contributed by atoms with Crippen LogP contribution in [0.3, 0.4) is 0 Å². The number of nitrogens with one attached hydrogen (secondary N) is 1. The second-order valence-corrected chi connectivity index (χ2v) is 6.01. The Morgan fingerprint density at radius 1 is 1.36 bits per heavy atom. The van der Waals surface area contributed by atoms with E-state index in [1.54, 1.807) is 0 Å². The number of hydrogen-bond donors (Lipinski definition) is 1. The first kappa shape index (κ1) is 12.0. The average Bonchev–Trinajstić information content (AvgIpc) is 2.41. The Kier molecular flexibility index (Phi) is 4.00. The van der Waals surface area contributed by atoms with Crippen LogP contribution in [0.15, 0.2) is 0 Å². The zero-order chi connectivity index (χ0) is 10.8. The van der Waals surface area contributed by atoms with Crippen molar-refractivity contribution in [2.24, 2.45) is 17.3 Å². The van der Waals surface area contributed by atoms with Gasteiger partial charge in [0.25, 0.3) is 0 Å². The molecule has 0 heterocycles. The standard InChI is InChI=1S/C13H27N/c1-10(2)9-12(14-5)11-7-6-8-13(11,3)4/h10-12,14H,6-9H2,1-5H3. The fraction of sp³-hybridized carbons (Fsp3) is 1.00. The summed E-state index contributed by atoms with van der Waals surface area (Å²) in [7, 11) is 2.13. The summed E-state index contributed by atoms with van der Waals surface area (Å²) in [5.74, 6) is 1.69. The van der Waals surface area contributed by atoms with Crippen LogP contribution in [0.25, 0.3) is 0 Å². The lowest BCUT2D eigenvalue weighted by atomic mass is 9.75. The lowest BCUT2D eigenvalue weighted by Crippen LogP contribution is -2.39. The zero-order valence-electron chi connectivity index (χ0n) is 10.6. The molecule has 1 rings (SSSR count). The molecule has 14 heavy (non-hydrogen) atoms. The van der Waals surface area contributed by atoms with Crippen molar-refractivity contribution in [2.75, 3.05) is 7.05 Å². The van der Waals surface area contributed by atoms with Crippen LogP contribution in [0.2, 0.25) is 0 Å². The fourth-order valence-corrected chi connectivity index (χ4v) is 3.09. The molecule has 0 spiro atoms. The summed E-state index contributed by atoms with van der Waals surface area (Å²) in [5.41, 5.74) is 0.558. The van der Waals surface area contributed by atoms with Gasteiger partial charge in [0.2, 0.25) is 0 Å². The molecule has 2 unspecified atom stereocenters. The van der Waals surface area contributed by atoms with Crippen molar-refractivity contribution in [3.05, 3.63) is 0 Å². The summed E-state index contributed by atoms with van der Waals surface area (Å²) in [6, 6.07) is 0.729. The summed E-state index contributed by atoms with van der Waals surface area (Å²) in [5, 5.41) is 3.53. The van der Waals surface area contributed by atoms with Crippen LogP contribution in [0.4, 0.5) is 0 Å². The van der Waals surface area contributed by atoms with Gasteiger partial charge in [-0.25, -0.2) is 0 Å². The molecule has 1 saturated carbocycles. The van der Waals surface area contributed by atoms with E-state index < -0.39 is 0 Å². The predicted octanol–water partition coefficient (Wildman–Crippen LogP) is 3.45. The van der Waals surface area contributed by atoms with Gasteiger partial charge in [-0.2, -0.15) is 0 Å². The summed E-state index contributed by atoms with van der Waals surface area (Å²) >= 11 is 0. The third kappa shape index (κ3) is 2.73. The highest BCUT2D eigenvalue weighted by molar-refractivity contribution is 4.92. The SMILES string of the molecule is CNC(CC(C)C)C1CCCC1(C)C. The van der Waals surface area contributed by atoms with E-state index in [0.29, 0.717) is 5.41 Å². The van der Waals surface area contributed by atoms with E-state index >= 15 is 0 Å². The first-order valence-electron chi connectivity index (χ1n) is 6.14. The molecule has 0 aromatic heterocycles. The molecular formula is C13H27N. The summed E-state index contributed by atoms with van der Waals surface area (Å²) in [4.78, 5) is 0. The number of hydrogen-bond acceptors (Lipinski definition) is 1. The van der Waals surface area contributed by atoms with Crippen LogP contribution in [0.1, 0.15) is 53.4 Å². The van der Waals surface area contributed by atoms with Gasteiger partial charge in [0, 0.05) is 6.04 Å². The topological polar surface area (TPSA) is 12.0 Å². The van der Waals surface area contributed by atoms with E-state index in [-0.39, 0.29) is 0 Å². The third-order valence-electron chi connectivity index (χ3n) is 3.92. The predicted molar refractivity (Wildman–Crippen MR) is 63.4 cm³/mol. The first-order chi connectivity index (χ1) is 6.47. The largest absolute Gasteiger partial charge is 0.317 e. The minimum absolute atomic E-state index is 0.558. The Balaban J connectivity index is 2.59. The maximum absolute atomic E-state index is 3.53. The molecule has 1 nitrogen and oxygen atoms in total. The van der Waals surface area contributed by atoms with Crippen molar-refractivity contribution < 1.29 is 0 Å². The van der Waals surface area contributed by atoms with Gasteiger partial charge in [-0.15, -0.1) is 0 Å². The molecule has 0 aromatic carbocycles. The van der Waals surface area contributed by atoms with Crippen molar-refractivity contribution >= 4 is 0 Å². The van der Waals surface area contributed by atoms with E-state index in [2.05, 4.69) is 40.1 Å². The quantitative estimate of drug-likeness (QED) is 0.728. The summed E-state index contributed by atoms with van der Waals surface area (Å²) in [6.45, 7) is 9.53. The Bertz CT molecular complexity index is 172. The van der Waals surface area contributed by atoms with E-state index in [4.69, 9.17) is 0 Å². The van der Waals surface area contributed by atoms with Gasteiger partial charge in [-0.1, -0.05) is 34.1 Å². The lowest BCUT2D eigenvalue weighted by Gasteiger charge is -2.35. The van der Waals surface area contributed by atoms with Gasteiger partial charge in [-0.05, 0) is 43.6 Å². The molecule has 0 aromatic rings. The molecule has 2 atom stereocenters. The zero-order valence-corrected chi connectivity index (χ0v) is 10.6. The Morgan fingerprint density at radius 2 is 2.00 bits per heavy atom. The summed E-state index contributed by atoms with van der Waals surface area (Å²) < 4.78 is 0. The van der Waals surface area contributed by atoms with Crippen molar-refractivity contribution in [3.63, 3.8) is 0 Å². The van der Waals surface area contributed by atoms with Crippen molar-refractivity contribution in [2.45, 2.75) is 59.4 Å². The van der Waals surface area contributed by atoms with Gasteiger partial charge < -0.3 is 5.32 Å². The Morgan fingerprint density at radius 3 is 2.36 bits per heavy atom. The normalized spacial score (nSPS) is 28.3. The first-order valence-corrected chi connectivity index (χ1v) is 6.14. The molecule has 1 fully saturated rings. The third-order valence-corrected chi connectivity index (χ3v) is 3.92. The second-order valence-electron chi connectivity index (χ2n) is 6.01. The van der Waals surface area contributed by atoms with Crippen LogP contribution in [0.5, 0.6) is 0 Å². The Hall–Kier alpha value is -0.0400. The van der Waals surface area contributed by atoms with E-state index in [0.717, 1.165) is 17.9 Å². The maximum Gasteiger partial charge on any atom is 0.00998 e. The average molecular weight is 197 g/mol. The van der Waals surface area contributed by atoms with Gasteiger partial charge in [0.1, 0.15) is 0 Å². The van der Waals surface area contributed by atoms with E-state index in [9.17, 15) is 0 Å². The molecule has 1 N–H and O–H groups in total. The molecule has 1 heteroatoms. The van der Waals surface area contributed by atoms with Crippen LogP contribution in [-0.4, -0.2) is 13.1 Å². The van der Waals surface area contributed by atoms with Crippen LogP contribution >= 0.6 is 0 Å². The molecule has 0 bridgehead atoms. The van der Waals surface area contributed by atoms with E-state index in [1.165, 1.54) is 25.7 Å². The van der Waals surface area contributed by atoms with Gasteiger partial charge >= 0.3 is 0 Å². The molecule has 84 valence electrons. The molecule has 0 amide bonds. The fourth-order valence-electron chi connectivity index (χ4n) is 3.09. The Labute approximate surface area is 89.7 Å². The minimum Gasteiger partial charge on any atom is -0.317 e. The molecule has 0 aliphatic heterocycles. The second kappa shape index (κ2) is 4.65. The van der Waals surface area contributed by atoms with Crippen molar-refractivity contribution in [1.29, 1.82) is 0 Å². The lowest BCUT2D eigenvalue weighted by molar-refractivity contribution is 0.185.